The molecular weight excluding hydrogens is 336 g/mol. The average Bonchev–Trinajstić information content (AvgIpc) is 2.93. The van der Waals surface area contributed by atoms with Gasteiger partial charge in [0.2, 0.25) is 0 Å². The Morgan fingerprint density at radius 2 is 2.00 bits per heavy atom. The number of aryl methyl sites for hydroxylation is 1. The van der Waals surface area contributed by atoms with E-state index in [0.717, 1.165) is 25.8 Å². The summed E-state index contributed by atoms with van der Waals surface area (Å²) in [5.74, 6) is 1.60. The van der Waals surface area contributed by atoms with Gasteiger partial charge in [-0.3, -0.25) is 9.20 Å². The van der Waals surface area contributed by atoms with Gasteiger partial charge >= 0.3 is 0 Å². The molecule has 3 aromatic rings. The van der Waals surface area contributed by atoms with Gasteiger partial charge in [-0.05, 0) is 24.8 Å². The molecular formula is C14H14N4OS3. The summed E-state index contributed by atoms with van der Waals surface area (Å²) in [5, 5.41) is 8.27. The fraction of sp³-hybridized carbons (Fsp3) is 0.286. The Hall–Kier alpha value is -1.38. The minimum Gasteiger partial charge on any atom is -0.269 e. The SMILES string of the molecule is CCSc1nnc(SCc2cc(=O)n3c(C)cccc3n2)s1. The molecule has 0 N–H and O–H groups in total. The van der Waals surface area contributed by atoms with Crippen molar-refractivity contribution in [3.8, 4) is 0 Å². The average molecular weight is 350 g/mol. The summed E-state index contributed by atoms with van der Waals surface area (Å²) in [6.45, 7) is 3.99. The van der Waals surface area contributed by atoms with Gasteiger partial charge in [0.05, 0.1) is 5.69 Å². The summed E-state index contributed by atoms with van der Waals surface area (Å²) in [6, 6.07) is 7.25. The highest BCUT2D eigenvalue weighted by atomic mass is 32.2. The van der Waals surface area contributed by atoms with Crippen LogP contribution in [-0.4, -0.2) is 25.3 Å². The van der Waals surface area contributed by atoms with E-state index >= 15 is 0 Å². The van der Waals surface area contributed by atoms with Crippen LogP contribution in [0.2, 0.25) is 0 Å². The fourth-order valence-electron chi connectivity index (χ4n) is 2.01. The van der Waals surface area contributed by atoms with Crippen LogP contribution in [0.3, 0.4) is 0 Å². The van der Waals surface area contributed by atoms with Gasteiger partial charge in [0.15, 0.2) is 8.68 Å². The van der Waals surface area contributed by atoms with Crippen LogP contribution < -0.4 is 5.56 Å². The normalized spacial score (nSPS) is 11.2. The molecule has 8 heteroatoms. The predicted octanol–water partition coefficient (Wildman–Crippen LogP) is 3.26. The number of pyridine rings is 1. The maximum Gasteiger partial charge on any atom is 0.258 e. The van der Waals surface area contributed by atoms with Crippen LogP contribution in [-0.2, 0) is 5.75 Å². The molecule has 3 aromatic heterocycles. The zero-order valence-electron chi connectivity index (χ0n) is 12.1. The lowest BCUT2D eigenvalue weighted by atomic mass is 10.3. The van der Waals surface area contributed by atoms with E-state index in [9.17, 15) is 4.79 Å². The van der Waals surface area contributed by atoms with E-state index in [1.54, 1.807) is 45.3 Å². The maximum absolute atomic E-state index is 12.2. The van der Waals surface area contributed by atoms with Gasteiger partial charge in [-0.15, -0.1) is 10.2 Å². The van der Waals surface area contributed by atoms with Crippen molar-refractivity contribution in [1.29, 1.82) is 0 Å². The largest absolute Gasteiger partial charge is 0.269 e. The predicted molar refractivity (Wildman–Crippen MR) is 92.1 cm³/mol. The van der Waals surface area contributed by atoms with Crippen LogP contribution in [0.25, 0.3) is 5.65 Å². The number of nitrogens with zero attached hydrogens (tertiary/aromatic N) is 4. The molecule has 3 rings (SSSR count). The number of fused-ring (bicyclic) bond motifs is 1. The molecule has 3 heterocycles. The molecule has 0 atom stereocenters. The first-order valence-corrected chi connectivity index (χ1v) is 9.53. The van der Waals surface area contributed by atoms with E-state index in [1.807, 2.05) is 25.1 Å². The first-order chi connectivity index (χ1) is 10.7. The van der Waals surface area contributed by atoms with E-state index in [2.05, 4.69) is 22.1 Å². The van der Waals surface area contributed by atoms with Gasteiger partial charge in [-0.1, -0.05) is 47.9 Å². The van der Waals surface area contributed by atoms with E-state index in [1.165, 1.54) is 0 Å². The van der Waals surface area contributed by atoms with Gasteiger partial charge in [-0.25, -0.2) is 4.98 Å². The van der Waals surface area contributed by atoms with Crippen molar-refractivity contribution in [3.05, 3.63) is 46.0 Å². The Kier molecular flexibility index (Phi) is 4.80. The lowest BCUT2D eigenvalue weighted by molar-refractivity contribution is 0.951. The first kappa shape index (κ1) is 15.5. The fourth-order valence-corrected chi connectivity index (χ4v) is 4.82. The third-order valence-corrected chi connectivity index (χ3v) is 6.04. The molecule has 22 heavy (non-hydrogen) atoms. The van der Waals surface area contributed by atoms with Gasteiger partial charge < -0.3 is 0 Å². The monoisotopic (exact) mass is 350 g/mol. The lowest BCUT2D eigenvalue weighted by Crippen LogP contribution is -2.17. The summed E-state index contributed by atoms with van der Waals surface area (Å²) >= 11 is 4.83. The Balaban J connectivity index is 1.80. The van der Waals surface area contributed by atoms with Crippen molar-refractivity contribution in [2.45, 2.75) is 28.3 Å². The summed E-state index contributed by atoms with van der Waals surface area (Å²) in [7, 11) is 0. The van der Waals surface area contributed by atoms with Gasteiger partial charge in [0.1, 0.15) is 5.65 Å². The molecule has 0 unspecified atom stereocenters. The highest BCUT2D eigenvalue weighted by molar-refractivity contribution is 8.02. The van der Waals surface area contributed by atoms with Crippen LogP contribution in [0.4, 0.5) is 0 Å². The van der Waals surface area contributed by atoms with E-state index in [0.29, 0.717) is 11.4 Å². The third kappa shape index (κ3) is 3.34. The second kappa shape index (κ2) is 6.80. The minimum absolute atomic E-state index is 0.0433. The quantitative estimate of drug-likeness (QED) is 0.658. The number of rotatable bonds is 5. The van der Waals surface area contributed by atoms with Crippen molar-refractivity contribution >= 4 is 40.5 Å². The number of aromatic nitrogens is 4. The Morgan fingerprint density at radius 3 is 2.77 bits per heavy atom. The second-order valence-electron chi connectivity index (χ2n) is 4.50. The lowest BCUT2D eigenvalue weighted by Gasteiger charge is -2.05. The molecule has 0 aliphatic rings. The van der Waals surface area contributed by atoms with Crippen molar-refractivity contribution < 1.29 is 0 Å². The molecule has 0 fully saturated rings. The minimum atomic E-state index is -0.0433. The molecule has 0 radical (unpaired) electrons. The molecule has 0 aromatic carbocycles. The highest BCUT2D eigenvalue weighted by Crippen LogP contribution is 2.30. The standard InChI is InChI=1S/C14H14N4OS3/c1-3-20-13-16-17-14(22-13)21-8-10-7-12(19)18-9(2)5-4-6-11(18)15-10/h4-7H,3,8H2,1-2H3. The third-order valence-electron chi connectivity index (χ3n) is 2.93. The van der Waals surface area contributed by atoms with Crippen molar-refractivity contribution in [2.24, 2.45) is 0 Å². The number of hydrogen-bond acceptors (Lipinski definition) is 7. The molecule has 0 amide bonds. The highest BCUT2D eigenvalue weighted by Gasteiger charge is 2.08. The van der Waals surface area contributed by atoms with Gasteiger partial charge in [0, 0.05) is 17.5 Å². The van der Waals surface area contributed by atoms with Crippen LogP contribution in [0, 0.1) is 6.92 Å². The molecule has 0 saturated carbocycles. The Bertz CT molecular complexity index is 859. The summed E-state index contributed by atoms with van der Waals surface area (Å²) in [6.07, 6.45) is 0. The first-order valence-electron chi connectivity index (χ1n) is 6.75. The smallest absolute Gasteiger partial charge is 0.258 e. The van der Waals surface area contributed by atoms with Crippen LogP contribution in [0.1, 0.15) is 18.3 Å². The van der Waals surface area contributed by atoms with Crippen LogP contribution in [0.15, 0.2) is 37.7 Å². The maximum atomic E-state index is 12.2. The summed E-state index contributed by atoms with van der Waals surface area (Å²) < 4.78 is 3.50. The molecule has 114 valence electrons. The molecule has 0 aliphatic carbocycles. The second-order valence-corrected chi connectivity index (χ2v) is 8.21. The van der Waals surface area contributed by atoms with Crippen LogP contribution >= 0.6 is 34.9 Å². The molecule has 0 saturated heterocycles. The Labute approximate surface area is 140 Å². The number of hydrogen-bond donors (Lipinski definition) is 0. The molecule has 0 bridgehead atoms. The van der Waals surface area contributed by atoms with Gasteiger partial charge in [0.25, 0.3) is 5.56 Å². The zero-order valence-corrected chi connectivity index (χ0v) is 14.6. The molecule has 0 aliphatic heterocycles. The summed E-state index contributed by atoms with van der Waals surface area (Å²) in [4.78, 5) is 16.8. The molecule has 5 nitrogen and oxygen atoms in total. The number of thioether (sulfide) groups is 2. The summed E-state index contributed by atoms with van der Waals surface area (Å²) in [5.41, 5.74) is 2.29. The topological polar surface area (TPSA) is 60.2 Å². The van der Waals surface area contributed by atoms with Crippen molar-refractivity contribution in [2.75, 3.05) is 5.75 Å². The van der Waals surface area contributed by atoms with Crippen LogP contribution in [0.5, 0.6) is 0 Å². The molecule has 0 spiro atoms. The van der Waals surface area contributed by atoms with Crippen molar-refractivity contribution in [3.63, 3.8) is 0 Å². The van der Waals surface area contributed by atoms with Crippen molar-refractivity contribution in [1.82, 2.24) is 19.6 Å². The zero-order chi connectivity index (χ0) is 15.5. The van der Waals surface area contributed by atoms with E-state index in [4.69, 9.17) is 0 Å². The van der Waals surface area contributed by atoms with E-state index < -0.39 is 0 Å². The van der Waals surface area contributed by atoms with Gasteiger partial charge in [-0.2, -0.15) is 0 Å². The van der Waals surface area contributed by atoms with E-state index in [-0.39, 0.29) is 5.56 Å². The Morgan fingerprint density at radius 1 is 1.23 bits per heavy atom.